The minimum atomic E-state index is -0.144. The van der Waals surface area contributed by atoms with Gasteiger partial charge >= 0.3 is 0 Å². The minimum Gasteiger partial charge on any atom is -0.457 e. The van der Waals surface area contributed by atoms with Gasteiger partial charge in [-0.15, -0.1) is 0 Å². The molecule has 2 aromatic carbocycles. The van der Waals surface area contributed by atoms with E-state index in [0.717, 1.165) is 22.8 Å². The Bertz CT molecular complexity index is 1170. The molecule has 8 nitrogen and oxygen atoms in total. The van der Waals surface area contributed by atoms with Crippen molar-refractivity contribution in [1.29, 1.82) is 0 Å². The second kappa shape index (κ2) is 8.89. The molecule has 3 heterocycles. The first-order valence-electron chi connectivity index (χ1n) is 10.4. The summed E-state index contributed by atoms with van der Waals surface area (Å²) in [7, 11) is 0. The second-order valence-electron chi connectivity index (χ2n) is 7.34. The molecule has 0 atom stereocenters. The predicted molar refractivity (Wildman–Crippen MR) is 119 cm³/mol. The Labute approximate surface area is 185 Å². The van der Waals surface area contributed by atoms with Crippen LogP contribution in [0.5, 0.6) is 11.5 Å². The largest absolute Gasteiger partial charge is 0.457 e. The average Bonchev–Trinajstić information content (AvgIpc) is 3.40. The van der Waals surface area contributed by atoms with Crippen LogP contribution in [0.4, 0.5) is 5.95 Å². The van der Waals surface area contributed by atoms with Gasteiger partial charge in [-0.05, 0) is 42.5 Å². The van der Waals surface area contributed by atoms with Crippen LogP contribution in [-0.4, -0.2) is 52.1 Å². The van der Waals surface area contributed by atoms with Crippen molar-refractivity contribution >= 4 is 11.9 Å². The smallest absolute Gasteiger partial charge is 0.292 e. The number of anilines is 1. The Balaban J connectivity index is 1.24. The van der Waals surface area contributed by atoms with Gasteiger partial charge in [-0.1, -0.05) is 23.4 Å². The lowest BCUT2D eigenvalue weighted by molar-refractivity contribution is 0.0704. The SMILES string of the molecule is O=C(c1ccno1)N1CCN(c2nccc(-c3ccc(Oc4ccccc4)cc3)n2)CC1. The Hall–Kier alpha value is -4.20. The van der Waals surface area contributed by atoms with Crippen LogP contribution in [0.2, 0.25) is 0 Å². The van der Waals surface area contributed by atoms with E-state index >= 15 is 0 Å². The maximum Gasteiger partial charge on any atom is 0.292 e. The molecule has 1 aliphatic heterocycles. The molecule has 2 aromatic heterocycles. The molecule has 160 valence electrons. The topological polar surface area (TPSA) is 84.6 Å². The molecule has 32 heavy (non-hydrogen) atoms. The molecular formula is C24H21N5O3. The van der Waals surface area contributed by atoms with E-state index in [-0.39, 0.29) is 11.7 Å². The van der Waals surface area contributed by atoms with E-state index in [0.29, 0.717) is 32.1 Å². The number of benzene rings is 2. The highest BCUT2D eigenvalue weighted by Gasteiger charge is 2.25. The van der Waals surface area contributed by atoms with Crippen LogP contribution in [0.1, 0.15) is 10.6 Å². The van der Waals surface area contributed by atoms with E-state index in [1.54, 1.807) is 17.2 Å². The lowest BCUT2D eigenvalue weighted by Gasteiger charge is -2.34. The number of carbonyl (C=O) groups is 1. The van der Waals surface area contributed by atoms with Crippen LogP contribution in [-0.2, 0) is 0 Å². The van der Waals surface area contributed by atoms with E-state index in [4.69, 9.17) is 14.2 Å². The number of aromatic nitrogens is 3. The maximum atomic E-state index is 12.4. The summed E-state index contributed by atoms with van der Waals surface area (Å²) < 4.78 is 10.8. The molecule has 0 bridgehead atoms. The number of piperazine rings is 1. The van der Waals surface area contributed by atoms with Crippen LogP contribution < -0.4 is 9.64 Å². The summed E-state index contributed by atoms with van der Waals surface area (Å²) in [5.74, 6) is 2.33. The Morgan fingerprint density at radius 1 is 0.844 bits per heavy atom. The van der Waals surface area contributed by atoms with E-state index in [1.165, 1.54) is 6.20 Å². The second-order valence-corrected chi connectivity index (χ2v) is 7.34. The van der Waals surface area contributed by atoms with Gasteiger partial charge in [-0.2, -0.15) is 0 Å². The maximum absolute atomic E-state index is 12.4. The summed E-state index contributed by atoms with van der Waals surface area (Å²) in [5.41, 5.74) is 1.81. The Morgan fingerprint density at radius 3 is 2.31 bits per heavy atom. The third kappa shape index (κ3) is 4.29. The lowest BCUT2D eigenvalue weighted by Crippen LogP contribution is -2.49. The Morgan fingerprint density at radius 2 is 1.59 bits per heavy atom. The third-order valence-corrected chi connectivity index (χ3v) is 5.27. The monoisotopic (exact) mass is 427 g/mol. The molecule has 4 aromatic rings. The van der Waals surface area contributed by atoms with Gasteiger partial charge in [0.05, 0.1) is 11.9 Å². The van der Waals surface area contributed by atoms with Crippen molar-refractivity contribution in [2.24, 2.45) is 0 Å². The first-order valence-corrected chi connectivity index (χ1v) is 10.4. The van der Waals surface area contributed by atoms with Crippen LogP contribution in [0.25, 0.3) is 11.3 Å². The number of rotatable bonds is 5. The highest BCUT2D eigenvalue weighted by molar-refractivity contribution is 5.91. The van der Waals surface area contributed by atoms with Crippen molar-refractivity contribution in [2.75, 3.05) is 31.1 Å². The van der Waals surface area contributed by atoms with Crippen molar-refractivity contribution in [3.05, 3.63) is 84.9 Å². The molecule has 8 heteroatoms. The standard InChI is InChI=1S/C24H21N5O3/c30-23(22-11-13-26-32-22)28-14-16-29(17-15-28)24-25-12-10-21(27-24)18-6-8-20(9-7-18)31-19-4-2-1-3-5-19/h1-13H,14-17H2. The highest BCUT2D eigenvalue weighted by Crippen LogP contribution is 2.25. The van der Waals surface area contributed by atoms with Gasteiger partial charge in [0.2, 0.25) is 11.7 Å². The number of amides is 1. The molecule has 0 N–H and O–H groups in total. The normalized spacial score (nSPS) is 13.8. The summed E-state index contributed by atoms with van der Waals surface area (Å²) in [6.45, 7) is 2.43. The van der Waals surface area contributed by atoms with Crippen molar-refractivity contribution in [1.82, 2.24) is 20.0 Å². The van der Waals surface area contributed by atoms with Crippen molar-refractivity contribution in [3.63, 3.8) is 0 Å². The molecule has 0 aliphatic carbocycles. The zero-order valence-electron chi connectivity index (χ0n) is 17.3. The zero-order valence-corrected chi connectivity index (χ0v) is 17.3. The average molecular weight is 427 g/mol. The number of hydrogen-bond donors (Lipinski definition) is 0. The van der Waals surface area contributed by atoms with Gasteiger partial charge in [0.1, 0.15) is 11.5 Å². The van der Waals surface area contributed by atoms with E-state index in [9.17, 15) is 4.79 Å². The van der Waals surface area contributed by atoms with Crippen LogP contribution in [0.15, 0.2) is 83.6 Å². The van der Waals surface area contributed by atoms with Crippen LogP contribution >= 0.6 is 0 Å². The van der Waals surface area contributed by atoms with Gasteiger partial charge in [0.15, 0.2) is 0 Å². The minimum absolute atomic E-state index is 0.144. The molecule has 0 saturated carbocycles. The van der Waals surface area contributed by atoms with Crippen LogP contribution in [0.3, 0.4) is 0 Å². The molecule has 0 radical (unpaired) electrons. The van der Waals surface area contributed by atoms with Gasteiger partial charge in [-0.3, -0.25) is 4.79 Å². The van der Waals surface area contributed by atoms with Gasteiger partial charge in [0, 0.05) is 44.0 Å². The number of carbonyl (C=O) groups excluding carboxylic acids is 1. The van der Waals surface area contributed by atoms with Gasteiger partial charge in [-0.25, -0.2) is 9.97 Å². The van der Waals surface area contributed by atoms with Gasteiger partial charge < -0.3 is 19.1 Å². The summed E-state index contributed by atoms with van der Waals surface area (Å²) >= 11 is 0. The van der Waals surface area contributed by atoms with E-state index < -0.39 is 0 Å². The molecular weight excluding hydrogens is 406 g/mol. The molecule has 1 aliphatic rings. The van der Waals surface area contributed by atoms with E-state index in [2.05, 4.69) is 15.0 Å². The fraction of sp³-hybridized carbons (Fsp3) is 0.167. The van der Waals surface area contributed by atoms with Crippen molar-refractivity contribution in [2.45, 2.75) is 0 Å². The summed E-state index contributed by atoms with van der Waals surface area (Å²) in [5, 5.41) is 3.60. The molecule has 0 unspecified atom stereocenters. The summed E-state index contributed by atoms with van der Waals surface area (Å²) in [6, 6.07) is 21.0. The fourth-order valence-electron chi connectivity index (χ4n) is 3.57. The van der Waals surface area contributed by atoms with Gasteiger partial charge in [0.25, 0.3) is 5.91 Å². The number of para-hydroxylation sites is 1. The highest BCUT2D eigenvalue weighted by atomic mass is 16.5. The van der Waals surface area contributed by atoms with E-state index in [1.807, 2.05) is 60.7 Å². The van der Waals surface area contributed by atoms with Crippen LogP contribution in [0, 0.1) is 0 Å². The van der Waals surface area contributed by atoms with Crippen molar-refractivity contribution < 1.29 is 14.1 Å². The quantitative estimate of drug-likeness (QED) is 0.478. The number of nitrogens with zero attached hydrogens (tertiary/aromatic N) is 5. The third-order valence-electron chi connectivity index (χ3n) is 5.27. The molecule has 5 rings (SSSR count). The Kier molecular flexibility index (Phi) is 5.48. The first kappa shape index (κ1) is 19.7. The summed E-state index contributed by atoms with van der Waals surface area (Å²) in [6.07, 6.45) is 3.24. The lowest BCUT2D eigenvalue weighted by atomic mass is 10.1. The molecule has 1 saturated heterocycles. The van der Waals surface area contributed by atoms with Crippen molar-refractivity contribution in [3.8, 4) is 22.8 Å². The predicted octanol–water partition coefficient (Wildman–Crippen LogP) is 3.89. The molecule has 1 fully saturated rings. The first-order chi connectivity index (χ1) is 15.8. The summed E-state index contributed by atoms with van der Waals surface area (Å²) in [4.78, 5) is 25.4. The molecule has 1 amide bonds. The number of ether oxygens (including phenoxy) is 1. The molecule has 0 spiro atoms. The fourth-order valence-corrected chi connectivity index (χ4v) is 3.57. The zero-order chi connectivity index (χ0) is 21.8. The number of hydrogen-bond acceptors (Lipinski definition) is 7.